The zero-order valence-corrected chi connectivity index (χ0v) is 15.8. The van der Waals surface area contributed by atoms with Crippen molar-refractivity contribution in [3.05, 3.63) is 48.5 Å². The Kier molecular flexibility index (Phi) is 5.56. The molecule has 2 aromatic heterocycles. The van der Waals surface area contributed by atoms with Crippen LogP contribution in [0.5, 0.6) is 0 Å². The second-order valence-corrected chi connectivity index (χ2v) is 7.09. The van der Waals surface area contributed by atoms with Crippen LogP contribution in [0.25, 0.3) is 11.2 Å². The molecule has 1 aromatic carbocycles. The lowest BCUT2D eigenvalue weighted by atomic mass is 10.2. The van der Waals surface area contributed by atoms with E-state index in [1.54, 1.807) is 24.3 Å². The number of hydrogen-bond acceptors (Lipinski definition) is 8. The molecule has 3 aromatic rings. The summed E-state index contributed by atoms with van der Waals surface area (Å²) in [6.45, 7) is -0.126. The molecule has 1 aliphatic heterocycles. The molecule has 29 heavy (non-hydrogen) atoms. The molecule has 4 atom stereocenters. The van der Waals surface area contributed by atoms with Crippen molar-refractivity contribution in [1.29, 1.82) is 0 Å². The fraction of sp³-hybridized carbons (Fsp3) is 0.294. The second kappa shape index (κ2) is 8.27. The molecule has 4 rings (SSSR count). The second-order valence-electron chi connectivity index (χ2n) is 6.35. The van der Waals surface area contributed by atoms with Gasteiger partial charge in [0.2, 0.25) is 0 Å². The zero-order valence-electron chi connectivity index (χ0n) is 15.0. The number of benzene rings is 1. The maximum atomic E-state index is 12.4. The Morgan fingerprint density at radius 1 is 1.31 bits per heavy atom. The van der Waals surface area contributed by atoms with Gasteiger partial charge in [0.1, 0.15) is 19.0 Å². The van der Waals surface area contributed by atoms with Crippen molar-refractivity contribution in [3.63, 3.8) is 0 Å². The average molecular weight is 418 g/mol. The molecule has 1 saturated heterocycles. The van der Waals surface area contributed by atoms with Crippen LogP contribution in [0, 0.1) is 0 Å². The van der Waals surface area contributed by atoms with Crippen LogP contribution in [0.4, 0.5) is 5.82 Å². The summed E-state index contributed by atoms with van der Waals surface area (Å²) < 4.78 is 22.6. The molecule has 0 spiro atoms. The van der Waals surface area contributed by atoms with Crippen molar-refractivity contribution in [2.75, 3.05) is 11.9 Å². The van der Waals surface area contributed by atoms with Gasteiger partial charge in [-0.2, -0.15) is 0 Å². The molecule has 1 aliphatic rings. The van der Waals surface area contributed by atoms with Crippen LogP contribution >= 0.6 is 8.25 Å². The van der Waals surface area contributed by atoms with Crippen LogP contribution in [0.2, 0.25) is 0 Å². The van der Waals surface area contributed by atoms with Crippen molar-refractivity contribution in [2.24, 2.45) is 0 Å². The summed E-state index contributed by atoms with van der Waals surface area (Å²) in [5.41, 5.74) is 1.17. The van der Waals surface area contributed by atoms with Crippen molar-refractivity contribution in [3.8, 4) is 0 Å². The monoisotopic (exact) mass is 418 g/mol. The Balaban J connectivity index is 1.56. The van der Waals surface area contributed by atoms with Gasteiger partial charge in [0.05, 0.1) is 12.4 Å². The highest BCUT2D eigenvalue weighted by Gasteiger charge is 2.38. The van der Waals surface area contributed by atoms with E-state index in [4.69, 9.17) is 9.63 Å². The minimum atomic E-state index is -2.74. The fourth-order valence-corrected chi connectivity index (χ4v) is 3.43. The normalized spacial score (nSPS) is 22.0. The molecule has 3 N–H and O–H groups in total. The molecule has 150 valence electrons. The number of imidazole rings is 1. The van der Waals surface area contributed by atoms with Crippen molar-refractivity contribution < 1.29 is 28.6 Å². The first-order chi connectivity index (χ1) is 14.0. The van der Waals surface area contributed by atoms with Gasteiger partial charge in [-0.3, -0.25) is 9.36 Å². The average Bonchev–Trinajstić information content (AvgIpc) is 3.30. The Morgan fingerprint density at radius 3 is 2.86 bits per heavy atom. The summed E-state index contributed by atoms with van der Waals surface area (Å²) in [5, 5.41) is 13.0. The minimum Gasteiger partial charge on any atom is -0.388 e. The number of carbonyl (C=O) groups is 1. The van der Waals surface area contributed by atoms with Gasteiger partial charge >= 0.3 is 8.25 Å². The minimum absolute atomic E-state index is 0.126. The van der Waals surface area contributed by atoms with E-state index in [-0.39, 0.29) is 24.8 Å². The number of aliphatic hydroxyl groups is 1. The highest BCUT2D eigenvalue weighted by molar-refractivity contribution is 7.32. The first-order valence-electron chi connectivity index (χ1n) is 8.69. The van der Waals surface area contributed by atoms with Crippen LogP contribution in [-0.2, 0) is 13.8 Å². The molecule has 1 fully saturated rings. The van der Waals surface area contributed by atoms with Crippen LogP contribution in [0.1, 0.15) is 23.0 Å². The van der Waals surface area contributed by atoms with Crippen molar-refractivity contribution in [2.45, 2.75) is 24.9 Å². The quantitative estimate of drug-likeness (QED) is 0.505. The number of ether oxygens (including phenoxy) is 1. The van der Waals surface area contributed by atoms with E-state index in [1.165, 1.54) is 17.2 Å². The van der Waals surface area contributed by atoms with Crippen LogP contribution in [0.3, 0.4) is 0 Å². The summed E-state index contributed by atoms with van der Waals surface area (Å²) in [4.78, 5) is 33.7. The van der Waals surface area contributed by atoms with Gasteiger partial charge < -0.3 is 15.2 Å². The maximum Gasteiger partial charge on any atom is 0.694 e. The number of anilines is 1. The Hall–Kier alpha value is -2.82. The SMILES string of the molecule is O=C(Nc1ncnc2c1ncn2[C@@H]1O[C@H](CO[P+](=O)O)C[C@H]1O)c1ccccc1. The van der Waals surface area contributed by atoms with E-state index in [0.29, 0.717) is 16.7 Å². The van der Waals surface area contributed by atoms with Gasteiger partial charge in [-0.25, -0.2) is 15.0 Å². The molecule has 0 radical (unpaired) electrons. The van der Waals surface area contributed by atoms with Gasteiger partial charge in [0.15, 0.2) is 23.2 Å². The number of amides is 1. The van der Waals surface area contributed by atoms with Gasteiger partial charge in [-0.15, -0.1) is 9.42 Å². The number of nitrogens with one attached hydrogen (secondary N) is 1. The number of aromatic nitrogens is 4. The van der Waals surface area contributed by atoms with Crippen LogP contribution in [0.15, 0.2) is 43.0 Å². The third-order valence-electron chi connectivity index (χ3n) is 4.44. The third kappa shape index (κ3) is 4.14. The largest absolute Gasteiger partial charge is 0.694 e. The maximum absolute atomic E-state index is 12.4. The van der Waals surface area contributed by atoms with E-state index in [0.717, 1.165) is 0 Å². The lowest BCUT2D eigenvalue weighted by molar-refractivity contribution is -0.0459. The number of fused-ring (bicyclic) bond motifs is 1. The zero-order chi connectivity index (χ0) is 20.4. The van der Waals surface area contributed by atoms with Gasteiger partial charge in [-0.05, 0) is 12.1 Å². The number of hydrogen-bond donors (Lipinski definition) is 3. The molecule has 0 saturated carbocycles. The Bertz CT molecular complexity index is 1050. The summed E-state index contributed by atoms with van der Waals surface area (Å²) in [6.07, 6.45) is 0.668. The number of rotatable bonds is 6. The fourth-order valence-electron chi connectivity index (χ4n) is 3.13. The van der Waals surface area contributed by atoms with Gasteiger partial charge in [0, 0.05) is 16.5 Å². The number of aliphatic hydroxyl groups excluding tert-OH is 1. The first kappa shape index (κ1) is 19.5. The first-order valence-corrected chi connectivity index (χ1v) is 9.82. The molecule has 1 amide bonds. The predicted octanol–water partition coefficient (Wildman–Crippen LogP) is 1.39. The predicted molar refractivity (Wildman–Crippen MR) is 100 cm³/mol. The van der Waals surface area contributed by atoms with Gasteiger partial charge in [0.25, 0.3) is 5.91 Å². The highest BCUT2D eigenvalue weighted by atomic mass is 31.1. The van der Waals surface area contributed by atoms with Crippen LogP contribution in [-0.4, -0.2) is 54.2 Å². The Morgan fingerprint density at radius 2 is 2.10 bits per heavy atom. The lowest BCUT2D eigenvalue weighted by Gasteiger charge is -2.16. The van der Waals surface area contributed by atoms with E-state index >= 15 is 0 Å². The Labute approximate surface area is 165 Å². The van der Waals surface area contributed by atoms with E-state index < -0.39 is 26.7 Å². The molecular weight excluding hydrogens is 401 g/mol. The summed E-state index contributed by atoms with van der Waals surface area (Å²) in [6, 6.07) is 8.68. The van der Waals surface area contributed by atoms with Crippen molar-refractivity contribution >= 4 is 31.1 Å². The molecule has 0 aliphatic carbocycles. The summed E-state index contributed by atoms with van der Waals surface area (Å²) in [7, 11) is -2.74. The topological polar surface area (TPSA) is 149 Å². The third-order valence-corrected chi connectivity index (χ3v) is 4.81. The standard InChI is InChI=1S/C17H16N5O6P/c23-12-6-11(7-27-29(25)26)28-17(12)22-9-20-13-14(18-8-19-15(13)22)21-16(24)10-4-2-1-3-5-10/h1-5,8-9,11-12,17,23H,6-7H2,(H-,18,19,21,24,25,26)/p+1/t11-,12+,17+/m0/s1. The summed E-state index contributed by atoms with van der Waals surface area (Å²) in [5.74, 6) is -0.111. The van der Waals surface area contributed by atoms with E-state index in [2.05, 4.69) is 24.8 Å². The molecule has 0 bridgehead atoms. The van der Waals surface area contributed by atoms with Gasteiger partial charge in [-0.1, -0.05) is 18.2 Å². The van der Waals surface area contributed by atoms with E-state index in [9.17, 15) is 14.5 Å². The van der Waals surface area contributed by atoms with E-state index in [1.807, 2.05) is 6.07 Å². The molecule has 3 heterocycles. The lowest BCUT2D eigenvalue weighted by Crippen LogP contribution is -2.19. The smallest absolute Gasteiger partial charge is 0.388 e. The highest BCUT2D eigenvalue weighted by Crippen LogP contribution is 2.33. The molecule has 12 heteroatoms. The molecular formula is C17H17N5O6P+. The molecule has 11 nitrogen and oxygen atoms in total. The summed E-state index contributed by atoms with van der Waals surface area (Å²) >= 11 is 0. The van der Waals surface area contributed by atoms with Crippen LogP contribution < -0.4 is 5.32 Å². The molecule has 1 unspecified atom stereocenters. The number of carbonyl (C=O) groups excluding carboxylic acids is 1. The number of nitrogens with zero attached hydrogens (tertiary/aromatic N) is 4. The van der Waals surface area contributed by atoms with Crippen molar-refractivity contribution in [1.82, 2.24) is 19.5 Å².